The number of nitrogens with zero attached hydrogens (tertiary/aromatic N) is 1. The van der Waals surface area contributed by atoms with E-state index in [4.69, 9.17) is 0 Å². The number of rotatable bonds is 2. The highest BCUT2D eigenvalue weighted by atomic mass is 16.3. The summed E-state index contributed by atoms with van der Waals surface area (Å²) in [5.41, 5.74) is -1.08. The lowest BCUT2D eigenvalue weighted by atomic mass is 9.45. The summed E-state index contributed by atoms with van der Waals surface area (Å²) in [7, 11) is 0. The molecule has 0 radical (unpaired) electrons. The molecule has 1 N–H and O–H groups in total. The van der Waals surface area contributed by atoms with Gasteiger partial charge in [0.05, 0.1) is 11.5 Å². The maximum atomic E-state index is 13.6. The molecule has 2 aliphatic carbocycles. The zero-order valence-corrected chi connectivity index (χ0v) is 14.1. The topological polar surface area (TPSA) is 57.6 Å². The molecule has 4 rings (SSSR count). The molecule has 4 nitrogen and oxygen atoms in total. The van der Waals surface area contributed by atoms with Crippen LogP contribution < -0.4 is 0 Å². The predicted molar refractivity (Wildman–Crippen MR) is 86.5 cm³/mol. The van der Waals surface area contributed by atoms with E-state index in [1.807, 2.05) is 17.9 Å². The molecule has 4 fully saturated rings. The molecule has 1 amide bonds. The van der Waals surface area contributed by atoms with Crippen LogP contribution in [-0.4, -0.2) is 40.4 Å². The van der Waals surface area contributed by atoms with Crippen LogP contribution in [0.25, 0.3) is 0 Å². The Labute approximate surface area is 137 Å². The normalized spacial score (nSPS) is 51.6. The van der Waals surface area contributed by atoms with E-state index in [9.17, 15) is 14.7 Å². The van der Waals surface area contributed by atoms with E-state index in [2.05, 4.69) is 13.5 Å². The van der Waals surface area contributed by atoms with E-state index in [1.165, 1.54) is 0 Å². The number of ketones is 1. The lowest BCUT2D eigenvalue weighted by Gasteiger charge is -2.60. The second kappa shape index (κ2) is 4.69. The first kappa shape index (κ1) is 15.4. The van der Waals surface area contributed by atoms with Crippen molar-refractivity contribution in [3.63, 3.8) is 0 Å². The van der Waals surface area contributed by atoms with Gasteiger partial charge in [0.1, 0.15) is 5.78 Å². The van der Waals surface area contributed by atoms with Crippen LogP contribution in [0.2, 0.25) is 0 Å². The molecule has 0 aromatic rings. The Morgan fingerprint density at radius 3 is 2.83 bits per heavy atom. The highest BCUT2D eigenvalue weighted by molar-refractivity contribution is 5.97. The minimum atomic E-state index is -0.757. The van der Waals surface area contributed by atoms with Crippen molar-refractivity contribution in [3.8, 4) is 0 Å². The Morgan fingerprint density at radius 1 is 1.39 bits per heavy atom. The molecule has 0 aromatic carbocycles. The molecule has 4 heteroatoms. The van der Waals surface area contributed by atoms with Gasteiger partial charge in [-0.2, -0.15) is 0 Å². The second-order valence-corrected chi connectivity index (χ2v) is 8.39. The summed E-state index contributed by atoms with van der Waals surface area (Å²) in [6.45, 7) is 8.73. The fraction of sp³-hybridized carbons (Fsp3) is 0.789. The maximum absolute atomic E-state index is 13.6. The number of aliphatic hydroxyl groups is 1. The minimum absolute atomic E-state index is 0.103. The highest BCUT2D eigenvalue weighted by Crippen LogP contribution is 2.67. The number of carbonyl (C=O) groups is 2. The monoisotopic (exact) mass is 317 g/mol. The van der Waals surface area contributed by atoms with Crippen LogP contribution in [0, 0.1) is 28.6 Å². The average Bonchev–Trinajstić information content (AvgIpc) is 2.76. The molecule has 2 bridgehead atoms. The molecule has 4 aliphatic rings. The van der Waals surface area contributed by atoms with Gasteiger partial charge in [-0.25, -0.2) is 0 Å². The fourth-order valence-corrected chi connectivity index (χ4v) is 6.64. The van der Waals surface area contributed by atoms with E-state index < -0.39 is 11.5 Å². The number of aliphatic hydroxyl groups excluding tert-OH is 1. The van der Waals surface area contributed by atoms with Gasteiger partial charge in [0.15, 0.2) is 0 Å². The minimum Gasteiger partial charge on any atom is -0.392 e. The van der Waals surface area contributed by atoms with Crippen LogP contribution in [0.1, 0.15) is 46.0 Å². The molecule has 23 heavy (non-hydrogen) atoms. The third kappa shape index (κ3) is 1.52. The van der Waals surface area contributed by atoms with Gasteiger partial charge in [-0.05, 0) is 31.6 Å². The summed E-state index contributed by atoms with van der Waals surface area (Å²) in [4.78, 5) is 28.4. The van der Waals surface area contributed by atoms with Crippen LogP contribution in [0.5, 0.6) is 0 Å². The molecule has 7 atom stereocenters. The van der Waals surface area contributed by atoms with Gasteiger partial charge in [-0.15, -0.1) is 6.58 Å². The molecule has 2 aliphatic heterocycles. The Morgan fingerprint density at radius 2 is 2.13 bits per heavy atom. The maximum Gasteiger partial charge on any atom is 0.226 e. The number of allylic oxidation sites excluding steroid dienone is 1. The number of fused-ring (bicyclic) bond motifs is 1. The predicted octanol–water partition coefficient (Wildman–Crippen LogP) is 2.17. The molecule has 0 spiro atoms. The van der Waals surface area contributed by atoms with Crippen molar-refractivity contribution in [2.75, 3.05) is 6.54 Å². The van der Waals surface area contributed by atoms with Gasteiger partial charge in [0, 0.05) is 29.8 Å². The highest BCUT2D eigenvalue weighted by Gasteiger charge is 2.73. The van der Waals surface area contributed by atoms with Gasteiger partial charge in [-0.3, -0.25) is 9.59 Å². The SMILES string of the molecule is C=CC[C@@]12C(=O)[C@@H]3C[C@H]4N(C[C@@H](CCC[C@H]1O)[C@]42C)C(=O)[C@H]3C. The van der Waals surface area contributed by atoms with Crippen molar-refractivity contribution < 1.29 is 14.7 Å². The number of piperidine rings is 1. The third-order valence-corrected chi connectivity index (χ3v) is 7.89. The first-order chi connectivity index (χ1) is 10.9. The Kier molecular flexibility index (Phi) is 3.13. The average molecular weight is 317 g/mol. The van der Waals surface area contributed by atoms with E-state index >= 15 is 0 Å². The van der Waals surface area contributed by atoms with Gasteiger partial charge < -0.3 is 10.0 Å². The Bertz CT molecular complexity index is 587. The summed E-state index contributed by atoms with van der Waals surface area (Å²) in [6.07, 6.45) is 5.13. The molecular weight excluding hydrogens is 290 g/mol. The van der Waals surface area contributed by atoms with Crippen LogP contribution >= 0.6 is 0 Å². The standard InChI is InChI=1S/C19H27NO3/c1-4-8-19-15(21)7-5-6-12-10-20-14(18(12,19)3)9-13(16(19)22)11(2)17(20)23/h4,11-15,21H,1,5-10H2,2-3H3/t11-,12+,13+,14+,15+,18+,19-/m0/s1. The Balaban J connectivity index is 1.97. The van der Waals surface area contributed by atoms with Gasteiger partial charge in [0.2, 0.25) is 5.91 Å². The summed E-state index contributed by atoms with van der Waals surface area (Å²) < 4.78 is 0. The van der Waals surface area contributed by atoms with E-state index in [1.54, 1.807) is 0 Å². The number of hydrogen-bond donors (Lipinski definition) is 1. The molecule has 0 unspecified atom stereocenters. The summed E-state index contributed by atoms with van der Waals surface area (Å²) in [6, 6.07) is 0.103. The molecule has 2 saturated carbocycles. The van der Waals surface area contributed by atoms with Crippen molar-refractivity contribution >= 4 is 11.7 Å². The largest absolute Gasteiger partial charge is 0.392 e. The number of carbonyl (C=O) groups excluding carboxylic acids is 2. The van der Waals surface area contributed by atoms with Gasteiger partial charge in [0.25, 0.3) is 0 Å². The van der Waals surface area contributed by atoms with Crippen molar-refractivity contribution in [1.29, 1.82) is 0 Å². The lowest BCUT2D eigenvalue weighted by molar-refractivity contribution is -0.184. The second-order valence-electron chi connectivity index (χ2n) is 8.39. The van der Waals surface area contributed by atoms with Crippen molar-refractivity contribution in [2.45, 2.75) is 58.1 Å². The van der Waals surface area contributed by atoms with E-state index in [0.717, 1.165) is 25.8 Å². The lowest BCUT2D eigenvalue weighted by Crippen LogP contribution is -2.69. The first-order valence-corrected chi connectivity index (χ1v) is 9.03. The molecule has 2 saturated heterocycles. The van der Waals surface area contributed by atoms with Crippen molar-refractivity contribution in [3.05, 3.63) is 12.7 Å². The smallest absolute Gasteiger partial charge is 0.226 e. The van der Waals surface area contributed by atoms with Crippen molar-refractivity contribution in [2.24, 2.45) is 28.6 Å². The Hall–Kier alpha value is -1.16. The molecule has 0 aromatic heterocycles. The zero-order chi connectivity index (χ0) is 16.6. The summed E-state index contributed by atoms with van der Waals surface area (Å²) in [5.74, 6) is 0.110. The number of amides is 1. The fourth-order valence-electron chi connectivity index (χ4n) is 6.64. The number of Topliss-reactive ketones (excluding diaryl/α,β-unsaturated/α-hetero) is 1. The van der Waals surface area contributed by atoms with Crippen LogP contribution in [-0.2, 0) is 9.59 Å². The summed E-state index contributed by atoms with van der Waals surface area (Å²) in [5, 5.41) is 11.1. The first-order valence-electron chi connectivity index (χ1n) is 9.03. The van der Waals surface area contributed by atoms with Crippen LogP contribution in [0.15, 0.2) is 12.7 Å². The van der Waals surface area contributed by atoms with Crippen LogP contribution in [0.4, 0.5) is 0 Å². The van der Waals surface area contributed by atoms with Crippen LogP contribution in [0.3, 0.4) is 0 Å². The third-order valence-electron chi connectivity index (χ3n) is 7.89. The van der Waals surface area contributed by atoms with E-state index in [0.29, 0.717) is 18.8 Å². The van der Waals surface area contributed by atoms with E-state index in [-0.39, 0.29) is 35.0 Å². The zero-order valence-electron chi connectivity index (χ0n) is 14.1. The quantitative estimate of drug-likeness (QED) is 0.794. The molecular formula is C19H27NO3. The van der Waals surface area contributed by atoms with Crippen molar-refractivity contribution in [1.82, 2.24) is 4.90 Å². The molecule has 126 valence electrons. The summed E-state index contributed by atoms with van der Waals surface area (Å²) >= 11 is 0. The van der Waals surface area contributed by atoms with Gasteiger partial charge in [-0.1, -0.05) is 26.3 Å². The molecule has 2 heterocycles. The van der Waals surface area contributed by atoms with Gasteiger partial charge >= 0.3 is 0 Å². The number of hydrogen-bond acceptors (Lipinski definition) is 3.